The maximum absolute atomic E-state index is 12.4. The third kappa shape index (κ3) is 16.7. The van der Waals surface area contributed by atoms with Crippen LogP contribution in [0.25, 0.3) is 0 Å². The monoisotopic (exact) mass is 405 g/mol. The molecule has 0 bridgehead atoms. The van der Waals surface area contributed by atoms with Crippen LogP contribution in [0.2, 0.25) is 0 Å². The smallest absolute Gasteiger partial charge is 0.312 e. The lowest BCUT2D eigenvalue weighted by atomic mass is 10.1. The molecule has 0 saturated heterocycles. The second-order valence-corrected chi connectivity index (χ2v) is 9.62. The van der Waals surface area contributed by atoms with E-state index in [1.165, 1.54) is 77.0 Å². The van der Waals surface area contributed by atoms with E-state index < -0.39 is 7.75 Å². The molecule has 0 aromatic heterocycles. The lowest BCUT2D eigenvalue weighted by Crippen LogP contribution is -2.24. The van der Waals surface area contributed by atoms with Crippen LogP contribution in [0.4, 0.5) is 0 Å². The minimum Gasteiger partial charge on any atom is -0.312 e. The number of hydrogen-bond acceptors (Lipinski definition) is 2. The van der Waals surface area contributed by atoms with Gasteiger partial charge in [-0.25, -0.2) is 9.24 Å². The average Bonchev–Trinajstić information content (AvgIpc) is 2.64. The van der Waals surface area contributed by atoms with Crippen molar-refractivity contribution in [2.24, 2.45) is 0 Å². The van der Waals surface area contributed by atoms with E-state index in [9.17, 15) is 9.46 Å². The topological polar surface area (TPSA) is 49.8 Å². The summed E-state index contributed by atoms with van der Waals surface area (Å²) in [6.07, 6.45) is 19.9. The molecule has 5 heteroatoms. The summed E-state index contributed by atoms with van der Waals surface area (Å²) in [5, 5.41) is 0. The Morgan fingerprint density at radius 1 is 0.630 bits per heavy atom. The van der Waals surface area contributed by atoms with Crippen molar-refractivity contribution >= 4 is 7.75 Å². The highest BCUT2D eigenvalue weighted by molar-refractivity contribution is 7.50. The van der Waals surface area contributed by atoms with Gasteiger partial charge in [-0.15, -0.1) is 0 Å². The zero-order valence-electron chi connectivity index (χ0n) is 18.6. The molecule has 0 aromatic carbocycles. The zero-order chi connectivity index (χ0) is 20.2. The molecule has 0 radical (unpaired) electrons. The summed E-state index contributed by atoms with van der Waals surface area (Å²) in [5.41, 5.74) is 0. The Kier molecular flexibility index (Phi) is 19.5. The molecule has 0 rings (SSSR count). The Bertz CT molecular complexity index is 332. The maximum Gasteiger partial charge on any atom is 0.405 e. The van der Waals surface area contributed by atoms with E-state index in [1.54, 1.807) is 11.6 Å². The number of rotatable bonds is 21. The Morgan fingerprint density at radius 3 is 1.30 bits per heavy atom. The molecule has 0 aliphatic carbocycles. The van der Waals surface area contributed by atoms with Gasteiger partial charge in [-0.2, -0.15) is 0 Å². The van der Waals surface area contributed by atoms with Crippen LogP contribution in [0, 0.1) is 0 Å². The molecule has 1 N–H and O–H groups in total. The van der Waals surface area contributed by atoms with Gasteiger partial charge in [-0.1, -0.05) is 104 Å². The maximum atomic E-state index is 12.4. The molecule has 0 fully saturated rings. The van der Waals surface area contributed by atoms with Crippen LogP contribution < -0.4 is 0 Å². The van der Waals surface area contributed by atoms with Gasteiger partial charge in [0, 0.05) is 13.1 Å². The van der Waals surface area contributed by atoms with Crippen LogP contribution >= 0.6 is 7.75 Å². The summed E-state index contributed by atoms with van der Waals surface area (Å²) in [6.45, 7) is 7.92. The van der Waals surface area contributed by atoms with Crippen molar-refractivity contribution in [1.29, 1.82) is 0 Å². The van der Waals surface area contributed by atoms with E-state index in [0.717, 1.165) is 25.7 Å². The van der Waals surface area contributed by atoms with Crippen LogP contribution in [0.5, 0.6) is 0 Å². The van der Waals surface area contributed by atoms with E-state index in [2.05, 4.69) is 13.8 Å². The molecular weight excluding hydrogens is 357 g/mol. The first-order valence-electron chi connectivity index (χ1n) is 11.8. The number of unbranched alkanes of at least 4 members (excludes halogenated alkanes) is 14. The third-order valence-corrected chi connectivity index (χ3v) is 6.90. The van der Waals surface area contributed by atoms with Crippen molar-refractivity contribution in [3.63, 3.8) is 0 Å². The van der Waals surface area contributed by atoms with Crippen LogP contribution in [0.3, 0.4) is 0 Å². The van der Waals surface area contributed by atoms with Gasteiger partial charge in [0.05, 0.1) is 6.61 Å². The molecule has 1 atom stereocenters. The Hall–Kier alpha value is 0.110. The Labute approximate surface area is 170 Å². The minimum atomic E-state index is -3.61. The van der Waals surface area contributed by atoms with Gasteiger partial charge in [0.25, 0.3) is 0 Å². The molecule has 27 heavy (non-hydrogen) atoms. The summed E-state index contributed by atoms with van der Waals surface area (Å²) < 4.78 is 19.3. The predicted octanol–water partition coefficient (Wildman–Crippen LogP) is 7.71. The molecule has 0 spiro atoms. The van der Waals surface area contributed by atoms with Crippen LogP contribution in [-0.4, -0.2) is 29.3 Å². The van der Waals surface area contributed by atoms with Gasteiger partial charge in [-0.05, 0) is 19.8 Å². The molecule has 1 unspecified atom stereocenters. The fourth-order valence-corrected chi connectivity index (χ4v) is 4.76. The first-order chi connectivity index (χ1) is 13.1. The van der Waals surface area contributed by atoms with E-state index in [-0.39, 0.29) is 0 Å². The fraction of sp³-hybridized carbons (Fsp3) is 1.00. The SMILES string of the molecule is CCCCCCCCCCN(CCCCCCCCCC)P(=O)(O)OCC. The molecule has 0 amide bonds. The highest BCUT2D eigenvalue weighted by Crippen LogP contribution is 2.46. The lowest BCUT2D eigenvalue weighted by molar-refractivity contribution is 0.206. The Balaban J connectivity index is 3.97. The van der Waals surface area contributed by atoms with Gasteiger partial charge in [-0.3, -0.25) is 4.52 Å². The number of nitrogens with zero attached hydrogens (tertiary/aromatic N) is 1. The molecule has 0 saturated carbocycles. The highest BCUT2D eigenvalue weighted by Gasteiger charge is 2.28. The van der Waals surface area contributed by atoms with Crippen molar-refractivity contribution in [2.75, 3.05) is 19.7 Å². The second-order valence-electron chi connectivity index (χ2n) is 7.81. The quantitative estimate of drug-likeness (QED) is 0.157. The summed E-state index contributed by atoms with van der Waals surface area (Å²) >= 11 is 0. The van der Waals surface area contributed by atoms with Crippen molar-refractivity contribution in [3.8, 4) is 0 Å². The molecule has 0 aliphatic heterocycles. The van der Waals surface area contributed by atoms with Crippen molar-refractivity contribution in [1.82, 2.24) is 4.67 Å². The van der Waals surface area contributed by atoms with Gasteiger partial charge in [0.2, 0.25) is 0 Å². The first-order valence-corrected chi connectivity index (χ1v) is 13.3. The molecule has 0 aliphatic rings. The average molecular weight is 406 g/mol. The highest BCUT2D eigenvalue weighted by atomic mass is 31.2. The Morgan fingerprint density at radius 2 is 0.963 bits per heavy atom. The van der Waals surface area contributed by atoms with E-state index in [0.29, 0.717) is 19.7 Å². The van der Waals surface area contributed by atoms with E-state index in [1.807, 2.05) is 0 Å². The van der Waals surface area contributed by atoms with Crippen LogP contribution in [0.1, 0.15) is 124 Å². The predicted molar refractivity (Wildman–Crippen MR) is 118 cm³/mol. The summed E-state index contributed by atoms with van der Waals surface area (Å²) in [7, 11) is -3.61. The second kappa shape index (κ2) is 19.4. The van der Waals surface area contributed by atoms with Crippen molar-refractivity contribution in [2.45, 2.75) is 124 Å². The van der Waals surface area contributed by atoms with Gasteiger partial charge >= 0.3 is 7.75 Å². The standard InChI is InChI=1S/C22H48NO3P/c1-4-7-9-11-13-15-17-19-21-23(27(24,25)26-6-3)22-20-18-16-14-12-10-8-5-2/h4-22H2,1-3H3,(H,24,25). The number of hydrogen-bond donors (Lipinski definition) is 1. The molecule has 4 nitrogen and oxygen atoms in total. The fourth-order valence-electron chi connectivity index (χ4n) is 3.47. The zero-order valence-corrected chi connectivity index (χ0v) is 19.5. The van der Waals surface area contributed by atoms with Crippen molar-refractivity contribution < 1.29 is 14.0 Å². The normalized spacial score (nSPS) is 14.0. The third-order valence-electron chi connectivity index (χ3n) is 5.19. The van der Waals surface area contributed by atoms with E-state index >= 15 is 0 Å². The summed E-state index contributed by atoms with van der Waals surface area (Å²) in [5.74, 6) is 0. The molecular formula is C22H48NO3P. The summed E-state index contributed by atoms with van der Waals surface area (Å²) in [4.78, 5) is 10.2. The molecule has 164 valence electrons. The molecule has 0 aromatic rings. The lowest BCUT2D eigenvalue weighted by Gasteiger charge is -2.26. The van der Waals surface area contributed by atoms with Gasteiger partial charge < -0.3 is 4.89 Å². The van der Waals surface area contributed by atoms with Gasteiger partial charge in [0.1, 0.15) is 0 Å². The minimum absolute atomic E-state index is 0.291. The van der Waals surface area contributed by atoms with Crippen LogP contribution in [0.15, 0.2) is 0 Å². The molecule has 0 heterocycles. The largest absolute Gasteiger partial charge is 0.405 e. The van der Waals surface area contributed by atoms with Crippen LogP contribution in [-0.2, 0) is 9.09 Å². The van der Waals surface area contributed by atoms with Gasteiger partial charge in [0.15, 0.2) is 0 Å². The van der Waals surface area contributed by atoms with E-state index in [4.69, 9.17) is 4.52 Å². The summed E-state index contributed by atoms with van der Waals surface area (Å²) in [6, 6.07) is 0. The van der Waals surface area contributed by atoms with Crippen molar-refractivity contribution in [3.05, 3.63) is 0 Å². The first kappa shape index (κ1) is 27.1.